The Bertz CT molecular complexity index is 1480. The van der Waals surface area contributed by atoms with Crippen molar-refractivity contribution in [2.75, 3.05) is 18.6 Å². The third-order valence-corrected chi connectivity index (χ3v) is 7.24. The van der Waals surface area contributed by atoms with Crippen LogP contribution in [0.4, 0.5) is 5.69 Å². The average molecular weight is 573 g/mol. The fraction of sp³-hybridized carbons (Fsp3) is 0.226. The van der Waals surface area contributed by atoms with Gasteiger partial charge in [0.05, 0.1) is 18.4 Å². The maximum Gasteiger partial charge on any atom is 0.337 e. The molecule has 0 aliphatic carbocycles. The van der Waals surface area contributed by atoms with E-state index in [1.54, 1.807) is 11.0 Å². The lowest BCUT2D eigenvalue weighted by atomic mass is 10.1. The van der Waals surface area contributed by atoms with E-state index >= 15 is 0 Å². The van der Waals surface area contributed by atoms with E-state index in [2.05, 4.69) is 20.5 Å². The molecule has 0 spiro atoms. The van der Waals surface area contributed by atoms with Crippen molar-refractivity contribution in [2.24, 2.45) is 0 Å². The monoisotopic (exact) mass is 572 g/mol. The van der Waals surface area contributed by atoms with E-state index in [0.29, 0.717) is 30.8 Å². The fourth-order valence-electron chi connectivity index (χ4n) is 4.85. The number of anilines is 1. The Hall–Kier alpha value is -3.84. The molecule has 194 valence electrons. The number of aryl methyl sites for hydroxylation is 1. The minimum absolute atomic E-state index is 0.0669. The van der Waals surface area contributed by atoms with Crippen LogP contribution in [0.1, 0.15) is 40.9 Å². The predicted octanol–water partition coefficient (Wildman–Crippen LogP) is 7.10. The summed E-state index contributed by atoms with van der Waals surface area (Å²) in [4.78, 5) is 27.2. The maximum absolute atomic E-state index is 12.8. The van der Waals surface area contributed by atoms with Crippen LogP contribution in [-0.2, 0) is 16.1 Å². The molecule has 6 nitrogen and oxygen atoms in total. The minimum atomic E-state index is -0.446. The number of amides is 1. The van der Waals surface area contributed by atoms with Crippen molar-refractivity contribution >= 4 is 33.5 Å². The molecule has 1 aliphatic rings. The topological polar surface area (TPSA) is 60.8 Å². The first-order valence-corrected chi connectivity index (χ1v) is 13.4. The molecule has 0 radical (unpaired) electrons. The first-order chi connectivity index (χ1) is 18.4. The smallest absolute Gasteiger partial charge is 0.337 e. The number of rotatable bonds is 7. The van der Waals surface area contributed by atoms with Crippen LogP contribution in [0.3, 0.4) is 0 Å². The van der Waals surface area contributed by atoms with Gasteiger partial charge in [0.1, 0.15) is 12.4 Å². The van der Waals surface area contributed by atoms with Gasteiger partial charge >= 0.3 is 5.97 Å². The number of nitrogens with zero attached hydrogens (tertiary/aromatic N) is 2. The molecule has 2 heterocycles. The predicted molar refractivity (Wildman–Crippen MR) is 152 cm³/mol. The van der Waals surface area contributed by atoms with Gasteiger partial charge in [-0.2, -0.15) is 0 Å². The Balaban J connectivity index is 1.61. The summed E-state index contributed by atoms with van der Waals surface area (Å²) in [6.07, 6.45) is 2.32. The van der Waals surface area contributed by atoms with Crippen molar-refractivity contribution in [3.63, 3.8) is 0 Å². The van der Waals surface area contributed by atoms with E-state index in [0.717, 1.165) is 51.3 Å². The SMILES string of the molecule is COC(=O)c1cc(N2CCCCC2=O)cc(-n2c(C)ccc2-c2cc(Br)ccc2OCc2ccccc2)c1. The lowest BCUT2D eigenvalue weighted by Crippen LogP contribution is -2.35. The second-order valence-corrected chi connectivity index (χ2v) is 10.3. The zero-order valence-corrected chi connectivity index (χ0v) is 23.0. The van der Waals surface area contributed by atoms with Crippen LogP contribution >= 0.6 is 15.9 Å². The Morgan fingerprint density at radius 2 is 1.74 bits per heavy atom. The van der Waals surface area contributed by atoms with Crippen molar-refractivity contribution < 1.29 is 19.1 Å². The van der Waals surface area contributed by atoms with Gasteiger partial charge in [0.15, 0.2) is 0 Å². The molecular formula is C31H29BrN2O4. The van der Waals surface area contributed by atoms with E-state index in [9.17, 15) is 9.59 Å². The lowest BCUT2D eigenvalue weighted by Gasteiger charge is -2.28. The molecule has 38 heavy (non-hydrogen) atoms. The van der Waals surface area contributed by atoms with Gasteiger partial charge in [0, 0.05) is 40.1 Å². The number of piperidine rings is 1. The van der Waals surface area contributed by atoms with Crippen LogP contribution < -0.4 is 9.64 Å². The summed E-state index contributed by atoms with van der Waals surface area (Å²) in [6, 6.07) is 25.6. The van der Waals surface area contributed by atoms with Gasteiger partial charge in [0.2, 0.25) is 5.91 Å². The van der Waals surface area contributed by atoms with Crippen molar-refractivity contribution in [3.8, 4) is 22.7 Å². The molecule has 1 fully saturated rings. The number of hydrogen-bond acceptors (Lipinski definition) is 4. The maximum atomic E-state index is 12.8. The van der Waals surface area contributed by atoms with E-state index in [1.807, 2.05) is 79.7 Å². The third-order valence-electron chi connectivity index (χ3n) is 6.75. The van der Waals surface area contributed by atoms with Crippen molar-refractivity contribution in [1.29, 1.82) is 0 Å². The van der Waals surface area contributed by atoms with Crippen LogP contribution in [0.15, 0.2) is 83.3 Å². The number of carbonyl (C=O) groups is 2. The van der Waals surface area contributed by atoms with E-state index in [1.165, 1.54) is 7.11 Å². The third kappa shape index (κ3) is 5.38. The Morgan fingerprint density at radius 1 is 0.947 bits per heavy atom. The summed E-state index contributed by atoms with van der Waals surface area (Å²) in [5, 5.41) is 0. The molecule has 0 unspecified atom stereocenters. The molecule has 0 atom stereocenters. The highest BCUT2D eigenvalue weighted by Gasteiger charge is 2.23. The standard InChI is InChI=1S/C31H29BrN2O4/c1-21-11-13-28(27-18-24(32)12-14-29(27)38-20-22-8-4-3-5-9-22)34(21)26-17-23(31(36)37-2)16-25(19-26)33-15-7-6-10-30(33)35/h3-5,8-9,11-14,16-19H,6-7,10,15,20H2,1-2H3. The van der Waals surface area contributed by atoms with Gasteiger partial charge in [-0.3, -0.25) is 4.79 Å². The van der Waals surface area contributed by atoms with E-state index in [-0.39, 0.29) is 5.91 Å². The molecule has 4 aromatic rings. The van der Waals surface area contributed by atoms with Gasteiger partial charge in [-0.25, -0.2) is 4.79 Å². The zero-order chi connectivity index (χ0) is 26.6. The summed E-state index contributed by atoms with van der Waals surface area (Å²) in [6.45, 7) is 3.08. The summed E-state index contributed by atoms with van der Waals surface area (Å²) in [5.74, 6) is 0.363. The number of benzene rings is 3. The number of ether oxygens (including phenoxy) is 2. The summed E-state index contributed by atoms with van der Waals surface area (Å²) in [7, 11) is 1.37. The molecular weight excluding hydrogens is 544 g/mol. The molecule has 0 saturated carbocycles. The quantitative estimate of drug-likeness (QED) is 0.222. The highest BCUT2D eigenvalue weighted by molar-refractivity contribution is 9.10. The molecule has 7 heteroatoms. The van der Waals surface area contributed by atoms with Crippen molar-refractivity contribution in [2.45, 2.75) is 32.8 Å². The van der Waals surface area contributed by atoms with Crippen LogP contribution in [0.5, 0.6) is 5.75 Å². The molecule has 1 aliphatic heterocycles. The van der Waals surface area contributed by atoms with Gasteiger partial charge in [-0.1, -0.05) is 46.3 Å². The van der Waals surface area contributed by atoms with Crippen LogP contribution in [0.2, 0.25) is 0 Å². The number of carbonyl (C=O) groups excluding carboxylic acids is 2. The Labute approximate surface area is 230 Å². The molecule has 1 aromatic heterocycles. The van der Waals surface area contributed by atoms with Gasteiger partial charge < -0.3 is 18.9 Å². The summed E-state index contributed by atoms with van der Waals surface area (Å²) >= 11 is 3.62. The van der Waals surface area contributed by atoms with Crippen LogP contribution in [0, 0.1) is 6.92 Å². The fourth-order valence-corrected chi connectivity index (χ4v) is 5.21. The van der Waals surface area contributed by atoms with E-state index in [4.69, 9.17) is 9.47 Å². The number of hydrogen-bond donors (Lipinski definition) is 0. The van der Waals surface area contributed by atoms with Gasteiger partial charge in [-0.05, 0) is 73.9 Å². The Kier molecular flexibility index (Phi) is 7.65. The molecule has 1 saturated heterocycles. The molecule has 0 N–H and O–H groups in total. The largest absolute Gasteiger partial charge is 0.488 e. The van der Waals surface area contributed by atoms with Gasteiger partial charge in [-0.15, -0.1) is 0 Å². The average Bonchev–Trinajstić information content (AvgIpc) is 3.33. The van der Waals surface area contributed by atoms with Crippen molar-refractivity contribution in [1.82, 2.24) is 4.57 Å². The first-order valence-electron chi connectivity index (χ1n) is 12.6. The Morgan fingerprint density at radius 3 is 2.50 bits per heavy atom. The second-order valence-electron chi connectivity index (χ2n) is 9.34. The lowest BCUT2D eigenvalue weighted by molar-refractivity contribution is -0.119. The minimum Gasteiger partial charge on any atom is -0.488 e. The van der Waals surface area contributed by atoms with Gasteiger partial charge in [0.25, 0.3) is 0 Å². The number of methoxy groups -OCH3 is 1. The number of halogens is 1. The van der Waals surface area contributed by atoms with Crippen LogP contribution in [-0.4, -0.2) is 30.1 Å². The first kappa shape index (κ1) is 25.8. The van der Waals surface area contributed by atoms with Crippen molar-refractivity contribution in [3.05, 3.63) is 100 Å². The number of aromatic nitrogens is 1. The second kappa shape index (κ2) is 11.3. The van der Waals surface area contributed by atoms with Crippen LogP contribution in [0.25, 0.3) is 16.9 Å². The summed E-state index contributed by atoms with van der Waals surface area (Å²) < 4.78 is 14.3. The molecule has 3 aromatic carbocycles. The zero-order valence-electron chi connectivity index (χ0n) is 21.4. The normalized spacial score (nSPS) is 13.4. The highest BCUT2D eigenvalue weighted by Crippen LogP contribution is 2.37. The molecule has 0 bridgehead atoms. The number of esters is 1. The van der Waals surface area contributed by atoms with E-state index < -0.39 is 5.97 Å². The molecule has 5 rings (SSSR count). The highest BCUT2D eigenvalue weighted by atomic mass is 79.9. The summed E-state index contributed by atoms with van der Waals surface area (Å²) in [5.41, 5.74) is 5.73. The molecule has 1 amide bonds.